The fraction of sp³-hybridized carbons (Fsp3) is 0.500. The van der Waals surface area contributed by atoms with Gasteiger partial charge in [0.1, 0.15) is 6.20 Å². The van der Waals surface area contributed by atoms with Gasteiger partial charge in [-0.1, -0.05) is 0 Å². The molecule has 1 fully saturated rings. The summed E-state index contributed by atoms with van der Waals surface area (Å²) in [5, 5.41) is 18.4. The average Bonchev–Trinajstić information content (AvgIpc) is 3.22. The quantitative estimate of drug-likeness (QED) is 0.646. The maximum absolute atomic E-state index is 12.0. The van der Waals surface area contributed by atoms with Gasteiger partial charge in [0.2, 0.25) is 0 Å². The van der Waals surface area contributed by atoms with Crippen molar-refractivity contribution in [1.82, 2.24) is 20.1 Å². The van der Waals surface area contributed by atoms with Crippen molar-refractivity contribution in [3.8, 4) is 0 Å². The van der Waals surface area contributed by atoms with Crippen molar-refractivity contribution in [2.75, 3.05) is 24.5 Å². The van der Waals surface area contributed by atoms with Gasteiger partial charge in [0.25, 0.3) is 5.91 Å². The van der Waals surface area contributed by atoms with E-state index in [-0.39, 0.29) is 10.9 Å². The molecular weight excluding hydrogens is 332 g/mol. The number of aromatic nitrogens is 3. The Morgan fingerprint density at radius 3 is 2.79 bits per heavy atom. The zero-order valence-corrected chi connectivity index (χ0v) is 14.0. The van der Waals surface area contributed by atoms with Gasteiger partial charge in [0.15, 0.2) is 5.13 Å². The highest BCUT2D eigenvalue weighted by Crippen LogP contribution is 2.30. The number of carbonyl (C=O) groups is 1. The topological polar surface area (TPSA) is 106 Å². The number of nitro groups is 1. The Bertz CT molecular complexity index is 734. The maximum Gasteiger partial charge on any atom is 0.345 e. The Kier molecular flexibility index (Phi) is 4.74. The second-order valence-electron chi connectivity index (χ2n) is 5.78. The van der Waals surface area contributed by atoms with Crippen LogP contribution in [0.15, 0.2) is 18.6 Å². The van der Waals surface area contributed by atoms with E-state index < -0.39 is 4.92 Å². The standard InChI is InChI=1S/C14H18N6O3S/c1-18-9-11(7-17-18)13(21)15-6-10-2-4-19(5-3-10)14-16-8-12(24-14)20(22)23/h7-10H,2-6H2,1H3,(H,15,21). The molecule has 0 radical (unpaired) electrons. The first kappa shape index (κ1) is 16.4. The van der Waals surface area contributed by atoms with Crippen LogP contribution in [0.3, 0.4) is 0 Å². The van der Waals surface area contributed by atoms with E-state index in [1.807, 2.05) is 0 Å². The van der Waals surface area contributed by atoms with Crippen molar-refractivity contribution in [3.05, 3.63) is 34.3 Å². The summed E-state index contributed by atoms with van der Waals surface area (Å²) in [5.41, 5.74) is 0.560. The van der Waals surface area contributed by atoms with Crippen LogP contribution in [0.1, 0.15) is 23.2 Å². The van der Waals surface area contributed by atoms with Crippen molar-refractivity contribution in [2.24, 2.45) is 13.0 Å². The minimum absolute atomic E-state index is 0.0656. The Morgan fingerprint density at radius 2 is 2.21 bits per heavy atom. The lowest BCUT2D eigenvalue weighted by Crippen LogP contribution is -2.38. The lowest BCUT2D eigenvalue weighted by atomic mass is 9.97. The zero-order valence-electron chi connectivity index (χ0n) is 13.2. The van der Waals surface area contributed by atoms with Gasteiger partial charge in [-0.05, 0) is 30.1 Å². The average molecular weight is 350 g/mol. The first-order valence-electron chi connectivity index (χ1n) is 7.65. The Labute approximate surface area is 142 Å². The van der Waals surface area contributed by atoms with Crippen molar-refractivity contribution >= 4 is 27.4 Å². The molecule has 0 aliphatic carbocycles. The van der Waals surface area contributed by atoms with Gasteiger partial charge in [-0.3, -0.25) is 19.6 Å². The van der Waals surface area contributed by atoms with Gasteiger partial charge in [-0.15, -0.1) is 0 Å². The monoisotopic (exact) mass is 350 g/mol. The summed E-state index contributed by atoms with van der Waals surface area (Å²) in [6.07, 6.45) is 6.38. The van der Waals surface area contributed by atoms with E-state index in [1.54, 1.807) is 24.1 Å². The smallest absolute Gasteiger partial charge is 0.345 e. The summed E-state index contributed by atoms with van der Waals surface area (Å²) in [4.78, 5) is 28.5. The summed E-state index contributed by atoms with van der Waals surface area (Å²) in [7, 11) is 1.77. The van der Waals surface area contributed by atoms with Crippen LogP contribution in [-0.4, -0.2) is 45.2 Å². The fourth-order valence-electron chi connectivity index (χ4n) is 2.69. The van der Waals surface area contributed by atoms with Crippen LogP contribution in [0, 0.1) is 16.0 Å². The van der Waals surface area contributed by atoms with Crippen LogP contribution < -0.4 is 10.2 Å². The molecule has 2 aromatic rings. The number of thiazole rings is 1. The second kappa shape index (κ2) is 6.95. The Morgan fingerprint density at radius 1 is 1.46 bits per heavy atom. The number of amides is 1. The molecule has 3 heterocycles. The van der Waals surface area contributed by atoms with E-state index >= 15 is 0 Å². The molecule has 128 valence electrons. The molecule has 1 aliphatic heterocycles. The van der Waals surface area contributed by atoms with E-state index in [0.29, 0.717) is 23.2 Å². The van der Waals surface area contributed by atoms with E-state index in [4.69, 9.17) is 0 Å². The number of aryl methyl sites for hydroxylation is 1. The molecule has 1 amide bonds. The number of anilines is 1. The number of rotatable bonds is 5. The van der Waals surface area contributed by atoms with Crippen molar-refractivity contribution in [1.29, 1.82) is 0 Å². The Hall–Kier alpha value is -2.49. The number of piperidine rings is 1. The van der Waals surface area contributed by atoms with E-state index in [1.165, 1.54) is 6.20 Å². The van der Waals surface area contributed by atoms with Gasteiger partial charge in [0.05, 0.1) is 16.7 Å². The van der Waals surface area contributed by atoms with Gasteiger partial charge in [-0.25, -0.2) is 4.98 Å². The lowest BCUT2D eigenvalue weighted by molar-refractivity contribution is -0.380. The van der Waals surface area contributed by atoms with E-state index in [0.717, 1.165) is 37.3 Å². The largest absolute Gasteiger partial charge is 0.352 e. The SMILES string of the molecule is Cn1cc(C(=O)NCC2CCN(c3ncc([N+](=O)[O-])s3)CC2)cn1. The molecule has 0 aromatic carbocycles. The summed E-state index contributed by atoms with van der Waals surface area (Å²) >= 11 is 1.10. The molecule has 24 heavy (non-hydrogen) atoms. The number of nitrogens with one attached hydrogen (secondary N) is 1. The van der Waals surface area contributed by atoms with Crippen molar-refractivity contribution in [2.45, 2.75) is 12.8 Å². The molecule has 1 saturated heterocycles. The normalized spacial score (nSPS) is 15.5. The minimum Gasteiger partial charge on any atom is -0.352 e. The molecule has 0 unspecified atom stereocenters. The summed E-state index contributed by atoms with van der Waals surface area (Å²) in [6, 6.07) is 0. The van der Waals surface area contributed by atoms with Gasteiger partial charge in [0, 0.05) is 32.9 Å². The van der Waals surface area contributed by atoms with Crippen LogP contribution >= 0.6 is 11.3 Å². The molecule has 0 atom stereocenters. The molecule has 9 nitrogen and oxygen atoms in total. The highest BCUT2D eigenvalue weighted by atomic mass is 32.1. The second-order valence-corrected chi connectivity index (χ2v) is 6.77. The molecule has 10 heteroatoms. The lowest BCUT2D eigenvalue weighted by Gasteiger charge is -2.31. The van der Waals surface area contributed by atoms with Crippen molar-refractivity contribution < 1.29 is 9.72 Å². The van der Waals surface area contributed by atoms with Crippen molar-refractivity contribution in [3.63, 3.8) is 0 Å². The highest BCUT2D eigenvalue weighted by Gasteiger charge is 2.23. The molecule has 1 aliphatic rings. The molecular formula is C14H18N6O3S. The van der Waals surface area contributed by atoms with Gasteiger partial charge >= 0.3 is 5.00 Å². The van der Waals surface area contributed by atoms with Crippen LogP contribution in [0.25, 0.3) is 0 Å². The summed E-state index contributed by atoms with van der Waals surface area (Å²) in [6.45, 7) is 2.20. The van der Waals surface area contributed by atoms with Gasteiger partial charge in [-0.2, -0.15) is 5.10 Å². The number of hydrogen-bond acceptors (Lipinski definition) is 7. The molecule has 1 N–H and O–H groups in total. The Balaban J connectivity index is 1.46. The minimum atomic E-state index is -0.415. The third-order valence-electron chi connectivity index (χ3n) is 4.06. The van der Waals surface area contributed by atoms with Crippen LogP contribution in [-0.2, 0) is 7.05 Å². The van der Waals surface area contributed by atoms with Crippen LogP contribution in [0.2, 0.25) is 0 Å². The van der Waals surface area contributed by atoms with Crippen LogP contribution in [0.5, 0.6) is 0 Å². The first-order valence-corrected chi connectivity index (χ1v) is 8.46. The third-order valence-corrected chi connectivity index (χ3v) is 5.07. The summed E-state index contributed by atoms with van der Waals surface area (Å²) in [5.74, 6) is 0.290. The predicted octanol–water partition coefficient (Wildman–Crippen LogP) is 1.43. The number of carbonyl (C=O) groups excluding carboxylic acids is 1. The van der Waals surface area contributed by atoms with E-state index in [9.17, 15) is 14.9 Å². The van der Waals surface area contributed by atoms with Gasteiger partial charge < -0.3 is 10.2 Å². The fourth-order valence-corrected chi connectivity index (χ4v) is 3.48. The molecule has 0 bridgehead atoms. The number of hydrogen-bond donors (Lipinski definition) is 1. The highest BCUT2D eigenvalue weighted by molar-refractivity contribution is 7.18. The third kappa shape index (κ3) is 3.70. The molecule has 0 spiro atoms. The first-order chi connectivity index (χ1) is 11.5. The molecule has 3 rings (SSSR count). The van der Waals surface area contributed by atoms with E-state index in [2.05, 4.69) is 20.3 Å². The zero-order chi connectivity index (χ0) is 17.1. The number of nitrogens with zero attached hydrogens (tertiary/aromatic N) is 5. The summed E-state index contributed by atoms with van der Waals surface area (Å²) < 4.78 is 1.60. The molecule has 0 saturated carbocycles. The molecule has 2 aromatic heterocycles. The van der Waals surface area contributed by atoms with Crippen LogP contribution in [0.4, 0.5) is 10.1 Å². The maximum atomic E-state index is 12.0. The predicted molar refractivity (Wildman–Crippen MR) is 89.2 cm³/mol.